The molecule has 2 saturated heterocycles. The third kappa shape index (κ3) is 4.41. The summed E-state index contributed by atoms with van der Waals surface area (Å²) in [7, 11) is 1.74. The predicted molar refractivity (Wildman–Crippen MR) is 155 cm³/mol. The van der Waals surface area contributed by atoms with E-state index in [1.807, 2.05) is 18.2 Å². The Morgan fingerprint density at radius 3 is 2.21 bits per heavy atom. The van der Waals surface area contributed by atoms with Gasteiger partial charge in [0, 0.05) is 56.2 Å². The van der Waals surface area contributed by atoms with Gasteiger partial charge in [-0.1, -0.05) is 48.5 Å². The molecule has 1 amide bonds. The van der Waals surface area contributed by atoms with E-state index < -0.39 is 5.41 Å². The van der Waals surface area contributed by atoms with E-state index in [4.69, 9.17) is 4.74 Å². The van der Waals surface area contributed by atoms with Crippen molar-refractivity contribution >= 4 is 23.0 Å². The number of nitrogens with zero attached hydrogens (tertiary/aromatic N) is 3. The van der Waals surface area contributed by atoms with Crippen molar-refractivity contribution in [3.63, 3.8) is 0 Å². The summed E-state index contributed by atoms with van der Waals surface area (Å²) in [6.07, 6.45) is 4.46. The minimum absolute atomic E-state index is 0.107. The molecule has 3 aliphatic heterocycles. The molecule has 6 nitrogen and oxygen atoms in total. The molecule has 1 unspecified atom stereocenters. The molecule has 0 bridgehead atoms. The zero-order valence-electron chi connectivity index (χ0n) is 22.4. The number of hydrogen-bond acceptors (Lipinski definition) is 5. The maximum Gasteiger partial charge on any atom is 0.239 e. The number of benzene rings is 3. The van der Waals surface area contributed by atoms with E-state index in [-0.39, 0.29) is 5.91 Å². The lowest BCUT2D eigenvalue weighted by atomic mass is 9.71. The average Bonchev–Trinajstić information content (AvgIpc) is 3.29. The molecule has 1 atom stereocenters. The summed E-state index contributed by atoms with van der Waals surface area (Å²) in [4.78, 5) is 21.4. The first kappa shape index (κ1) is 24.8. The summed E-state index contributed by atoms with van der Waals surface area (Å²) in [5, 5.41) is 3.29. The number of carbonyl (C=O) groups is 1. The van der Waals surface area contributed by atoms with Gasteiger partial charge in [-0.15, -0.1) is 0 Å². The van der Waals surface area contributed by atoms with E-state index in [0.717, 1.165) is 74.9 Å². The molecule has 6 rings (SSSR count). The van der Waals surface area contributed by atoms with Crippen LogP contribution in [-0.4, -0.2) is 63.7 Å². The third-order valence-electron chi connectivity index (χ3n) is 8.67. The number of anilines is 3. The van der Waals surface area contributed by atoms with Crippen LogP contribution in [0.25, 0.3) is 0 Å². The average molecular weight is 511 g/mol. The van der Waals surface area contributed by atoms with Crippen molar-refractivity contribution in [3.8, 4) is 5.75 Å². The van der Waals surface area contributed by atoms with Crippen molar-refractivity contribution in [3.05, 3.63) is 83.9 Å². The van der Waals surface area contributed by atoms with Gasteiger partial charge in [-0.3, -0.25) is 9.69 Å². The van der Waals surface area contributed by atoms with Gasteiger partial charge < -0.3 is 19.9 Å². The van der Waals surface area contributed by atoms with Gasteiger partial charge in [0.1, 0.15) is 11.2 Å². The van der Waals surface area contributed by atoms with Gasteiger partial charge >= 0.3 is 0 Å². The van der Waals surface area contributed by atoms with Crippen LogP contribution in [0.15, 0.2) is 72.8 Å². The Hall–Kier alpha value is -3.51. The Balaban J connectivity index is 1.27. The number of fused-ring (bicyclic) bond motifs is 1. The van der Waals surface area contributed by atoms with E-state index in [9.17, 15) is 4.79 Å². The number of rotatable bonds is 7. The molecule has 0 radical (unpaired) electrons. The smallest absolute Gasteiger partial charge is 0.239 e. The van der Waals surface area contributed by atoms with E-state index >= 15 is 0 Å². The zero-order valence-corrected chi connectivity index (χ0v) is 22.4. The van der Waals surface area contributed by atoms with Crippen LogP contribution in [0.4, 0.5) is 17.1 Å². The number of ether oxygens (including phenoxy) is 1. The van der Waals surface area contributed by atoms with Crippen LogP contribution < -0.4 is 19.9 Å². The predicted octanol–water partition coefficient (Wildman–Crippen LogP) is 5.14. The van der Waals surface area contributed by atoms with Crippen LogP contribution in [0.3, 0.4) is 0 Å². The molecule has 0 aliphatic carbocycles. The van der Waals surface area contributed by atoms with E-state index in [0.29, 0.717) is 0 Å². The van der Waals surface area contributed by atoms with Crippen molar-refractivity contribution in [1.29, 1.82) is 0 Å². The molecular weight excluding hydrogens is 472 g/mol. The second-order valence-corrected chi connectivity index (χ2v) is 10.7. The Bertz CT molecular complexity index is 1270. The third-order valence-corrected chi connectivity index (χ3v) is 8.67. The highest BCUT2D eigenvalue weighted by atomic mass is 16.5. The number of nitrogens with one attached hydrogen (secondary N) is 1. The Morgan fingerprint density at radius 1 is 0.763 bits per heavy atom. The Labute approximate surface area is 226 Å². The molecule has 0 saturated carbocycles. The summed E-state index contributed by atoms with van der Waals surface area (Å²) < 4.78 is 5.61. The molecule has 3 aromatic carbocycles. The second kappa shape index (κ2) is 10.7. The fraction of sp³-hybridized carbons (Fsp3) is 0.406. The van der Waals surface area contributed by atoms with Crippen LogP contribution >= 0.6 is 0 Å². The standard InChI is InChI=1S/C32H38N4O2/c1-38-29-16-7-6-14-27(29)36-23-21-34(22-24-36)20-17-32(25-11-4-2-5-12-25)30-26(33-31(32)37)13-10-15-28(30)35-18-8-3-9-19-35/h2,4-7,10-16H,3,8-9,17-24H2,1H3,(H,33,37). The number of piperazine rings is 1. The van der Waals surface area contributed by atoms with Crippen molar-refractivity contribution in [2.75, 3.05) is 68.0 Å². The minimum Gasteiger partial charge on any atom is -0.495 e. The molecule has 38 heavy (non-hydrogen) atoms. The molecule has 6 heteroatoms. The van der Waals surface area contributed by atoms with Crippen LogP contribution in [0.5, 0.6) is 5.75 Å². The van der Waals surface area contributed by atoms with E-state index in [1.165, 1.54) is 30.5 Å². The Morgan fingerprint density at radius 2 is 1.45 bits per heavy atom. The van der Waals surface area contributed by atoms with Gasteiger partial charge in [0.25, 0.3) is 0 Å². The van der Waals surface area contributed by atoms with Gasteiger partial charge in [-0.05, 0) is 62.1 Å². The summed E-state index contributed by atoms with van der Waals surface area (Å²) in [6, 6.07) is 25.1. The quantitative estimate of drug-likeness (QED) is 0.477. The number of carbonyl (C=O) groups excluding carboxylic acids is 1. The van der Waals surface area contributed by atoms with Gasteiger partial charge in [0.2, 0.25) is 5.91 Å². The molecule has 3 aliphatic rings. The zero-order chi connectivity index (χ0) is 26.0. The van der Waals surface area contributed by atoms with Crippen LogP contribution in [0, 0.1) is 0 Å². The first-order valence-corrected chi connectivity index (χ1v) is 14.1. The number of methoxy groups -OCH3 is 1. The Kier molecular flexibility index (Phi) is 6.98. The lowest BCUT2D eigenvalue weighted by Crippen LogP contribution is -2.48. The van der Waals surface area contributed by atoms with Crippen molar-refractivity contribution in [2.45, 2.75) is 31.1 Å². The highest BCUT2D eigenvalue weighted by molar-refractivity contribution is 6.10. The summed E-state index contributed by atoms with van der Waals surface area (Å²) in [6.45, 7) is 6.80. The number of piperidine rings is 1. The van der Waals surface area contributed by atoms with Gasteiger partial charge in [-0.2, -0.15) is 0 Å². The molecule has 2 fully saturated rings. The first-order chi connectivity index (χ1) is 18.7. The maximum atomic E-state index is 14.0. The molecule has 3 aromatic rings. The van der Waals surface area contributed by atoms with Gasteiger partial charge in [0.15, 0.2) is 0 Å². The van der Waals surface area contributed by atoms with Crippen LogP contribution in [0.2, 0.25) is 0 Å². The lowest BCUT2D eigenvalue weighted by Gasteiger charge is -2.39. The molecule has 198 valence electrons. The fourth-order valence-corrected chi connectivity index (χ4v) is 6.64. The second-order valence-electron chi connectivity index (χ2n) is 10.7. The summed E-state index contributed by atoms with van der Waals surface area (Å²) in [5.41, 5.74) is 4.93. The lowest BCUT2D eigenvalue weighted by molar-refractivity contribution is -0.119. The normalized spacial score (nSPS) is 21.8. The SMILES string of the molecule is COc1ccccc1N1CCN(CCC2(c3ccccc3)C(=O)Nc3cccc(N4CCCCC4)c32)CC1. The van der Waals surface area contributed by atoms with Crippen molar-refractivity contribution < 1.29 is 9.53 Å². The molecule has 0 spiro atoms. The number of amides is 1. The van der Waals surface area contributed by atoms with Gasteiger partial charge in [-0.25, -0.2) is 0 Å². The summed E-state index contributed by atoms with van der Waals surface area (Å²) >= 11 is 0. The first-order valence-electron chi connectivity index (χ1n) is 14.1. The van der Waals surface area contributed by atoms with Crippen LogP contribution in [0.1, 0.15) is 36.8 Å². The summed E-state index contributed by atoms with van der Waals surface area (Å²) in [5.74, 6) is 1.03. The molecule has 3 heterocycles. The van der Waals surface area contributed by atoms with Gasteiger partial charge in [0.05, 0.1) is 12.8 Å². The van der Waals surface area contributed by atoms with Crippen molar-refractivity contribution in [2.24, 2.45) is 0 Å². The monoisotopic (exact) mass is 510 g/mol. The van der Waals surface area contributed by atoms with E-state index in [2.05, 4.69) is 74.6 Å². The molecule has 1 N–H and O–H groups in total. The molecular formula is C32H38N4O2. The number of hydrogen-bond donors (Lipinski definition) is 1. The maximum absolute atomic E-state index is 14.0. The highest BCUT2D eigenvalue weighted by Crippen LogP contribution is 2.50. The topological polar surface area (TPSA) is 48.1 Å². The van der Waals surface area contributed by atoms with Crippen LogP contribution in [-0.2, 0) is 10.2 Å². The molecule has 0 aromatic heterocycles. The number of para-hydroxylation sites is 2. The highest BCUT2D eigenvalue weighted by Gasteiger charge is 2.50. The van der Waals surface area contributed by atoms with E-state index in [1.54, 1.807) is 7.11 Å². The minimum atomic E-state index is -0.690. The largest absolute Gasteiger partial charge is 0.495 e. The fourth-order valence-electron chi connectivity index (χ4n) is 6.64. The van der Waals surface area contributed by atoms with Crippen molar-refractivity contribution in [1.82, 2.24) is 4.90 Å².